The summed E-state index contributed by atoms with van der Waals surface area (Å²) >= 11 is 9.27. The largest absolute Gasteiger partial charge is 0.365 e. The number of fused-ring (bicyclic) bond motifs is 2. The van der Waals surface area contributed by atoms with E-state index in [2.05, 4.69) is 50.3 Å². The van der Waals surface area contributed by atoms with Crippen molar-refractivity contribution in [2.75, 3.05) is 5.32 Å². The molecule has 2 aliphatic rings. The lowest BCUT2D eigenvalue weighted by molar-refractivity contribution is 0.451. The highest BCUT2D eigenvalue weighted by Gasteiger charge is 2.42. The number of hydrogen-bond acceptors (Lipinski definition) is 3. The Morgan fingerprint density at radius 3 is 2.88 bits per heavy atom. The maximum absolute atomic E-state index is 5.82. The highest BCUT2D eigenvalue weighted by molar-refractivity contribution is 9.10. The Morgan fingerprint density at radius 2 is 2.18 bits per heavy atom. The van der Waals surface area contributed by atoms with Gasteiger partial charge in [-0.1, -0.05) is 19.1 Å². The lowest BCUT2D eigenvalue weighted by atomic mass is 9.91. The van der Waals surface area contributed by atoms with Gasteiger partial charge in [0.1, 0.15) is 5.82 Å². The summed E-state index contributed by atoms with van der Waals surface area (Å²) < 4.78 is 0.862. The van der Waals surface area contributed by atoms with Gasteiger partial charge in [-0.15, -0.1) is 0 Å². The molecule has 0 saturated heterocycles. The zero-order valence-corrected chi connectivity index (χ0v) is 11.7. The first-order chi connectivity index (χ1) is 8.15. The highest BCUT2D eigenvalue weighted by Crippen LogP contribution is 2.44. The molecule has 90 valence electrons. The zero-order valence-electron chi connectivity index (χ0n) is 9.40. The Morgan fingerprint density at radius 1 is 1.41 bits per heavy atom. The molecule has 17 heavy (non-hydrogen) atoms. The number of halogens is 2. The molecule has 2 aliphatic carbocycles. The molecule has 1 heterocycles. The van der Waals surface area contributed by atoms with Crippen molar-refractivity contribution in [1.29, 1.82) is 0 Å². The summed E-state index contributed by atoms with van der Waals surface area (Å²) in [4.78, 5) is 8.16. The molecule has 0 spiro atoms. The lowest BCUT2D eigenvalue weighted by Gasteiger charge is -2.26. The molecule has 0 aromatic carbocycles. The molecule has 1 aromatic heterocycles. The second kappa shape index (κ2) is 4.25. The van der Waals surface area contributed by atoms with Crippen LogP contribution in [0.1, 0.15) is 13.3 Å². The van der Waals surface area contributed by atoms with Crippen molar-refractivity contribution in [3.8, 4) is 0 Å². The standard InChI is InChI=1S/C12H13BrClN3/c1-6-7-2-3-8(4-7)10(6)16-11-9(13)5-15-12(14)17-11/h2-3,5-8,10H,4H2,1H3,(H,15,16,17). The third kappa shape index (κ3) is 1.97. The van der Waals surface area contributed by atoms with Gasteiger partial charge in [-0.25, -0.2) is 4.98 Å². The average molecular weight is 315 g/mol. The molecule has 1 saturated carbocycles. The van der Waals surface area contributed by atoms with Gasteiger partial charge >= 0.3 is 0 Å². The number of rotatable bonds is 2. The van der Waals surface area contributed by atoms with Crippen LogP contribution in [0, 0.1) is 17.8 Å². The van der Waals surface area contributed by atoms with Crippen LogP contribution in [0.15, 0.2) is 22.8 Å². The Labute approximate surface area is 114 Å². The van der Waals surface area contributed by atoms with Crippen LogP contribution in [0.25, 0.3) is 0 Å². The minimum atomic E-state index is 0.280. The molecule has 0 amide bonds. The van der Waals surface area contributed by atoms with Crippen LogP contribution in [-0.4, -0.2) is 16.0 Å². The molecule has 1 N–H and O–H groups in total. The Bertz CT molecular complexity index is 477. The summed E-state index contributed by atoms with van der Waals surface area (Å²) in [6.07, 6.45) is 7.61. The topological polar surface area (TPSA) is 37.8 Å². The summed E-state index contributed by atoms with van der Waals surface area (Å²) in [6.45, 7) is 2.29. The zero-order chi connectivity index (χ0) is 12.0. The van der Waals surface area contributed by atoms with Crippen LogP contribution in [0.4, 0.5) is 5.82 Å². The Kier molecular flexibility index (Phi) is 2.87. The van der Waals surface area contributed by atoms with Gasteiger partial charge in [0, 0.05) is 12.2 Å². The Balaban J connectivity index is 1.83. The summed E-state index contributed by atoms with van der Waals surface area (Å²) in [6, 6.07) is 0.451. The van der Waals surface area contributed by atoms with Crippen molar-refractivity contribution in [2.24, 2.45) is 17.8 Å². The Hall–Kier alpha value is -0.610. The molecular weight excluding hydrogens is 302 g/mol. The van der Waals surface area contributed by atoms with Gasteiger partial charge in [-0.2, -0.15) is 4.98 Å². The van der Waals surface area contributed by atoms with Gasteiger partial charge in [-0.05, 0) is 51.7 Å². The fourth-order valence-corrected chi connectivity index (χ4v) is 3.35. The molecule has 0 radical (unpaired) electrons. The number of aromatic nitrogens is 2. The minimum Gasteiger partial charge on any atom is -0.365 e. The predicted octanol–water partition coefficient (Wildman–Crippen LogP) is 3.52. The number of allylic oxidation sites excluding steroid dienone is 1. The summed E-state index contributed by atoms with van der Waals surface area (Å²) in [7, 11) is 0. The van der Waals surface area contributed by atoms with Crippen LogP contribution < -0.4 is 5.32 Å². The monoisotopic (exact) mass is 313 g/mol. The first-order valence-corrected chi connectivity index (χ1v) is 6.95. The molecule has 3 nitrogen and oxygen atoms in total. The first-order valence-electron chi connectivity index (χ1n) is 5.78. The number of anilines is 1. The van der Waals surface area contributed by atoms with Crippen LogP contribution in [0.5, 0.6) is 0 Å². The molecule has 1 aromatic rings. The molecule has 4 unspecified atom stereocenters. The van der Waals surface area contributed by atoms with Crippen molar-refractivity contribution < 1.29 is 0 Å². The lowest BCUT2D eigenvalue weighted by Crippen LogP contribution is -2.31. The van der Waals surface area contributed by atoms with Crippen molar-refractivity contribution >= 4 is 33.3 Å². The quantitative estimate of drug-likeness (QED) is 0.670. The van der Waals surface area contributed by atoms with E-state index < -0.39 is 0 Å². The SMILES string of the molecule is CC1C2C=CC(C2)C1Nc1nc(Cl)ncc1Br. The van der Waals surface area contributed by atoms with Gasteiger partial charge in [0.25, 0.3) is 0 Å². The van der Waals surface area contributed by atoms with Crippen LogP contribution in [0.3, 0.4) is 0 Å². The van der Waals surface area contributed by atoms with Gasteiger partial charge in [0.2, 0.25) is 5.28 Å². The second-order valence-corrected chi connectivity index (χ2v) is 6.01. The highest BCUT2D eigenvalue weighted by atomic mass is 79.9. The van der Waals surface area contributed by atoms with E-state index >= 15 is 0 Å². The number of hydrogen-bond donors (Lipinski definition) is 1. The van der Waals surface area contributed by atoms with Crippen LogP contribution in [-0.2, 0) is 0 Å². The molecular formula is C12H13BrClN3. The fraction of sp³-hybridized carbons (Fsp3) is 0.500. The third-order valence-electron chi connectivity index (χ3n) is 3.87. The molecule has 3 rings (SSSR count). The van der Waals surface area contributed by atoms with Gasteiger partial charge < -0.3 is 5.32 Å². The fourth-order valence-electron chi connectivity index (χ4n) is 2.91. The molecule has 0 aliphatic heterocycles. The van der Waals surface area contributed by atoms with Gasteiger partial charge in [-0.3, -0.25) is 0 Å². The van der Waals surface area contributed by atoms with E-state index in [4.69, 9.17) is 11.6 Å². The summed E-state index contributed by atoms with van der Waals surface area (Å²) in [5.41, 5.74) is 0. The van der Waals surface area contributed by atoms with E-state index in [9.17, 15) is 0 Å². The number of nitrogens with one attached hydrogen (secondary N) is 1. The van der Waals surface area contributed by atoms with E-state index in [1.54, 1.807) is 6.20 Å². The molecule has 5 heteroatoms. The normalized spacial score (nSPS) is 34.3. The van der Waals surface area contributed by atoms with Crippen molar-refractivity contribution in [2.45, 2.75) is 19.4 Å². The van der Waals surface area contributed by atoms with Crippen LogP contribution in [0.2, 0.25) is 5.28 Å². The number of nitrogens with zero attached hydrogens (tertiary/aromatic N) is 2. The summed E-state index contributed by atoms with van der Waals surface area (Å²) in [5.74, 6) is 2.78. The van der Waals surface area contributed by atoms with Crippen molar-refractivity contribution in [3.63, 3.8) is 0 Å². The van der Waals surface area contributed by atoms with Crippen LogP contribution >= 0.6 is 27.5 Å². The van der Waals surface area contributed by atoms with E-state index in [-0.39, 0.29) is 5.28 Å². The van der Waals surface area contributed by atoms with Crippen molar-refractivity contribution in [3.05, 3.63) is 28.1 Å². The van der Waals surface area contributed by atoms with E-state index in [1.165, 1.54) is 6.42 Å². The van der Waals surface area contributed by atoms with Crippen molar-refractivity contribution in [1.82, 2.24) is 9.97 Å². The van der Waals surface area contributed by atoms with E-state index in [0.717, 1.165) is 10.3 Å². The van der Waals surface area contributed by atoms with Gasteiger partial charge in [0.05, 0.1) is 4.47 Å². The predicted molar refractivity (Wildman–Crippen MR) is 72.1 cm³/mol. The molecule has 2 bridgehead atoms. The maximum atomic E-state index is 5.82. The third-order valence-corrected chi connectivity index (χ3v) is 4.63. The summed E-state index contributed by atoms with van der Waals surface area (Å²) in [5, 5.41) is 3.78. The maximum Gasteiger partial charge on any atom is 0.224 e. The van der Waals surface area contributed by atoms with E-state index in [1.807, 2.05) is 0 Å². The smallest absolute Gasteiger partial charge is 0.224 e. The molecule has 1 fully saturated rings. The second-order valence-electron chi connectivity index (χ2n) is 4.81. The first kappa shape index (κ1) is 11.5. The van der Waals surface area contributed by atoms with E-state index in [0.29, 0.717) is 23.8 Å². The minimum absolute atomic E-state index is 0.280. The average Bonchev–Trinajstić information content (AvgIpc) is 2.87. The van der Waals surface area contributed by atoms with Gasteiger partial charge in [0.15, 0.2) is 0 Å². The molecule has 4 atom stereocenters.